The van der Waals surface area contributed by atoms with Crippen molar-refractivity contribution in [3.8, 4) is 0 Å². The number of ether oxygens (including phenoxy) is 1. The molecular formula is C12H17BrN2O. The summed E-state index contributed by atoms with van der Waals surface area (Å²) in [5.41, 5.74) is 7.67. The molecule has 1 aromatic rings. The molecule has 0 spiro atoms. The third kappa shape index (κ3) is 4.88. The molecule has 1 rings (SSSR count). The molecule has 0 fully saturated rings. The lowest BCUT2D eigenvalue weighted by atomic mass is 10.1. The van der Waals surface area contributed by atoms with Gasteiger partial charge in [0.05, 0.1) is 12.3 Å². The number of nitrogens with zero attached hydrogens (tertiary/aromatic N) is 1. The van der Waals surface area contributed by atoms with E-state index in [9.17, 15) is 0 Å². The van der Waals surface area contributed by atoms with Crippen LogP contribution in [0.1, 0.15) is 18.5 Å². The fourth-order valence-corrected chi connectivity index (χ4v) is 1.62. The second-order valence-electron chi connectivity index (χ2n) is 3.53. The van der Waals surface area contributed by atoms with Crippen LogP contribution in [0.5, 0.6) is 0 Å². The average molecular weight is 285 g/mol. The quantitative estimate of drug-likeness (QED) is 0.874. The molecule has 2 N–H and O–H groups in total. The van der Waals surface area contributed by atoms with Crippen molar-refractivity contribution in [1.29, 1.82) is 0 Å². The van der Waals surface area contributed by atoms with Crippen molar-refractivity contribution in [1.82, 2.24) is 4.98 Å². The van der Waals surface area contributed by atoms with Crippen LogP contribution in [0.4, 0.5) is 0 Å². The SMILES string of the molecule is COC/C(=C/c1ccc(Br)cn1)CCCN. The van der Waals surface area contributed by atoms with Gasteiger partial charge in [0, 0.05) is 17.8 Å². The zero-order valence-corrected chi connectivity index (χ0v) is 11.0. The Labute approximate surface area is 105 Å². The molecule has 3 nitrogen and oxygen atoms in total. The van der Waals surface area contributed by atoms with Gasteiger partial charge in [0.15, 0.2) is 0 Å². The lowest BCUT2D eigenvalue weighted by molar-refractivity contribution is 0.223. The van der Waals surface area contributed by atoms with Gasteiger partial charge >= 0.3 is 0 Å². The fraction of sp³-hybridized carbons (Fsp3) is 0.417. The summed E-state index contributed by atoms with van der Waals surface area (Å²) in [6.45, 7) is 1.34. The highest BCUT2D eigenvalue weighted by atomic mass is 79.9. The number of aromatic nitrogens is 1. The molecule has 0 aliphatic rings. The third-order valence-corrected chi connectivity index (χ3v) is 2.60. The van der Waals surface area contributed by atoms with Crippen LogP contribution in [0, 0.1) is 0 Å². The summed E-state index contributed by atoms with van der Waals surface area (Å²) >= 11 is 3.36. The molecule has 4 heteroatoms. The van der Waals surface area contributed by atoms with Crippen molar-refractivity contribution < 1.29 is 4.74 Å². The molecule has 88 valence electrons. The first-order chi connectivity index (χ1) is 7.76. The monoisotopic (exact) mass is 284 g/mol. The molecule has 1 heterocycles. The predicted molar refractivity (Wildman–Crippen MR) is 70.1 cm³/mol. The van der Waals surface area contributed by atoms with Crippen LogP contribution in [0.2, 0.25) is 0 Å². The Morgan fingerprint density at radius 2 is 2.38 bits per heavy atom. The first kappa shape index (κ1) is 13.4. The van der Waals surface area contributed by atoms with Gasteiger partial charge in [-0.25, -0.2) is 0 Å². The topological polar surface area (TPSA) is 48.1 Å². The molecule has 0 bridgehead atoms. The summed E-state index contributed by atoms with van der Waals surface area (Å²) in [4.78, 5) is 4.30. The molecule has 0 saturated carbocycles. The van der Waals surface area contributed by atoms with Gasteiger partial charge in [-0.3, -0.25) is 4.98 Å². The number of methoxy groups -OCH3 is 1. The number of pyridine rings is 1. The van der Waals surface area contributed by atoms with Crippen molar-refractivity contribution in [2.45, 2.75) is 12.8 Å². The van der Waals surface area contributed by atoms with Crippen LogP contribution in [0.25, 0.3) is 6.08 Å². The van der Waals surface area contributed by atoms with Crippen molar-refractivity contribution in [2.24, 2.45) is 5.73 Å². The van der Waals surface area contributed by atoms with Gasteiger partial charge in [0.2, 0.25) is 0 Å². The minimum absolute atomic E-state index is 0.637. The van der Waals surface area contributed by atoms with E-state index in [0.29, 0.717) is 13.2 Å². The molecular weight excluding hydrogens is 268 g/mol. The lowest BCUT2D eigenvalue weighted by Gasteiger charge is -2.05. The van der Waals surface area contributed by atoms with Gasteiger partial charge in [-0.05, 0) is 59.1 Å². The first-order valence-electron chi connectivity index (χ1n) is 5.26. The minimum Gasteiger partial charge on any atom is -0.380 e. The Bertz CT molecular complexity index is 335. The summed E-state index contributed by atoms with van der Waals surface area (Å²) < 4.78 is 6.14. The summed E-state index contributed by atoms with van der Waals surface area (Å²) in [6.07, 6.45) is 5.79. The standard InChI is InChI=1S/C12H17BrN2O/c1-16-9-10(3-2-6-14)7-12-5-4-11(13)8-15-12/h4-5,7-8H,2-3,6,9,14H2,1H3/b10-7+. The summed E-state index contributed by atoms with van der Waals surface area (Å²) in [5, 5.41) is 0. The molecule has 0 saturated heterocycles. The lowest BCUT2D eigenvalue weighted by Crippen LogP contribution is -2.02. The van der Waals surface area contributed by atoms with Gasteiger partial charge < -0.3 is 10.5 Å². The minimum atomic E-state index is 0.637. The normalized spacial score (nSPS) is 11.8. The van der Waals surface area contributed by atoms with Crippen molar-refractivity contribution in [3.05, 3.63) is 34.1 Å². The Hall–Kier alpha value is -0.710. The molecule has 1 aromatic heterocycles. The van der Waals surface area contributed by atoms with E-state index in [0.717, 1.165) is 23.0 Å². The summed E-state index contributed by atoms with van der Waals surface area (Å²) in [5.74, 6) is 0. The first-order valence-corrected chi connectivity index (χ1v) is 6.05. The summed E-state index contributed by atoms with van der Waals surface area (Å²) in [6, 6.07) is 3.95. The maximum absolute atomic E-state index is 5.50. The van der Waals surface area contributed by atoms with E-state index in [4.69, 9.17) is 10.5 Å². The zero-order chi connectivity index (χ0) is 11.8. The third-order valence-electron chi connectivity index (χ3n) is 2.13. The maximum Gasteiger partial charge on any atom is 0.0676 e. The molecule has 0 aliphatic carbocycles. The Kier molecular flexibility index (Phi) is 6.30. The Balaban J connectivity index is 2.71. The molecule has 16 heavy (non-hydrogen) atoms. The van der Waals surface area contributed by atoms with E-state index in [2.05, 4.69) is 27.0 Å². The molecule has 0 aromatic carbocycles. The highest BCUT2D eigenvalue weighted by molar-refractivity contribution is 9.10. The van der Waals surface area contributed by atoms with E-state index >= 15 is 0 Å². The Morgan fingerprint density at radius 3 is 2.94 bits per heavy atom. The largest absolute Gasteiger partial charge is 0.380 e. The van der Waals surface area contributed by atoms with Crippen LogP contribution in [-0.4, -0.2) is 25.2 Å². The number of hydrogen-bond donors (Lipinski definition) is 1. The van der Waals surface area contributed by atoms with Crippen LogP contribution in [-0.2, 0) is 4.74 Å². The van der Waals surface area contributed by atoms with Gasteiger partial charge in [0.25, 0.3) is 0 Å². The van der Waals surface area contributed by atoms with Crippen LogP contribution < -0.4 is 5.73 Å². The van der Waals surface area contributed by atoms with E-state index in [1.165, 1.54) is 5.57 Å². The highest BCUT2D eigenvalue weighted by Gasteiger charge is 1.98. The van der Waals surface area contributed by atoms with Gasteiger partial charge in [0.1, 0.15) is 0 Å². The fourth-order valence-electron chi connectivity index (χ4n) is 1.38. The van der Waals surface area contributed by atoms with Gasteiger partial charge in [-0.2, -0.15) is 0 Å². The number of halogens is 1. The summed E-state index contributed by atoms with van der Waals surface area (Å²) in [7, 11) is 1.70. The zero-order valence-electron chi connectivity index (χ0n) is 9.45. The molecule has 0 aliphatic heterocycles. The molecule has 0 amide bonds. The smallest absolute Gasteiger partial charge is 0.0676 e. The average Bonchev–Trinajstić information content (AvgIpc) is 2.29. The van der Waals surface area contributed by atoms with Gasteiger partial charge in [-0.15, -0.1) is 0 Å². The van der Waals surface area contributed by atoms with E-state index in [1.54, 1.807) is 13.3 Å². The number of nitrogens with two attached hydrogens (primary N) is 1. The molecule has 0 unspecified atom stereocenters. The van der Waals surface area contributed by atoms with E-state index < -0.39 is 0 Å². The number of hydrogen-bond acceptors (Lipinski definition) is 3. The second-order valence-corrected chi connectivity index (χ2v) is 4.44. The predicted octanol–water partition coefficient (Wildman–Crippen LogP) is 2.61. The molecule has 0 atom stereocenters. The van der Waals surface area contributed by atoms with Crippen molar-refractivity contribution in [2.75, 3.05) is 20.3 Å². The van der Waals surface area contributed by atoms with Gasteiger partial charge in [-0.1, -0.05) is 0 Å². The van der Waals surface area contributed by atoms with Crippen molar-refractivity contribution >= 4 is 22.0 Å². The second kappa shape index (κ2) is 7.54. The Morgan fingerprint density at radius 1 is 1.56 bits per heavy atom. The van der Waals surface area contributed by atoms with Crippen LogP contribution >= 0.6 is 15.9 Å². The molecule has 0 radical (unpaired) electrons. The maximum atomic E-state index is 5.50. The van der Waals surface area contributed by atoms with E-state index in [1.807, 2.05) is 12.1 Å². The van der Waals surface area contributed by atoms with Crippen LogP contribution in [0.15, 0.2) is 28.4 Å². The number of rotatable bonds is 6. The van der Waals surface area contributed by atoms with Crippen molar-refractivity contribution in [3.63, 3.8) is 0 Å². The highest BCUT2D eigenvalue weighted by Crippen LogP contribution is 2.13. The van der Waals surface area contributed by atoms with Crippen LogP contribution in [0.3, 0.4) is 0 Å². The van der Waals surface area contributed by atoms with E-state index in [-0.39, 0.29) is 0 Å².